The van der Waals surface area contributed by atoms with E-state index in [1.807, 2.05) is 0 Å². The lowest BCUT2D eigenvalue weighted by atomic mass is 10.0. The van der Waals surface area contributed by atoms with Crippen LogP contribution in [0.3, 0.4) is 0 Å². The molecular weight excluding hydrogens is 236 g/mol. The van der Waals surface area contributed by atoms with Crippen molar-refractivity contribution in [2.24, 2.45) is 0 Å². The minimum Gasteiger partial charge on any atom is -0.382 e. The van der Waals surface area contributed by atoms with Crippen LogP contribution in [0.25, 0.3) is 0 Å². The molecule has 3 N–H and O–H groups in total. The largest absolute Gasteiger partial charge is 0.382 e. The van der Waals surface area contributed by atoms with Crippen molar-refractivity contribution >= 4 is 11.4 Å². The van der Waals surface area contributed by atoms with Gasteiger partial charge in [0.2, 0.25) is 0 Å². The van der Waals surface area contributed by atoms with E-state index in [9.17, 15) is 0 Å². The summed E-state index contributed by atoms with van der Waals surface area (Å²) in [6, 6.07) is 7.13. The molecule has 2 heterocycles. The third kappa shape index (κ3) is 2.84. The lowest BCUT2D eigenvalue weighted by molar-refractivity contribution is 0.264. The molecule has 0 radical (unpaired) electrons. The second kappa shape index (κ2) is 5.13. The zero-order chi connectivity index (χ0) is 13.2. The highest BCUT2D eigenvalue weighted by Crippen LogP contribution is 2.25. The molecule has 0 unspecified atom stereocenters. The molecule has 0 atom stereocenters. The van der Waals surface area contributed by atoms with Crippen molar-refractivity contribution in [1.82, 2.24) is 10.2 Å². The van der Waals surface area contributed by atoms with Gasteiger partial charge in [-0.05, 0) is 56.7 Å². The molecule has 19 heavy (non-hydrogen) atoms. The van der Waals surface area contributed by atoms with E-state index in [1.165, 1.54) is 37.2 Å². The van der Waals surface area contributed by atoms with Gasteiger partial charge in [0.25, 0.3) is 0 Å². The van der Waals surface area contributed by atoms with E-state index in [0.29, 0.717) is 6.04 Å². The number of piperidine rings is 1. The van der Waals surface area contributed by atoms with Gasteiger partial charge in [0.1, 0.15) is 0 Å². The normalized spacial score (nSPS) is 20.4. The third-order valence-corrected chi connectivity index (χ3v) is 3.97. The maximum absolute atomic E-state index is 3.89. The lowest BCUT2D eigenvalue weighted by Gasteiger charge is -2.30. The lowest BCUT2D eigenvalue weighted by Crippen LogP contribution is -2.36. The fourth-order valence-corrected chi connectivity index (χ4v) is 2.75. The van der Waals surface area contributed by atoms with Crippen molar-refractivity contribution in [3.63, 3.8) is 0 Å². The Morgan fingerprint density at radius 1 is 1.32 bits per heavy atom. The van der Waals surface area contributed by atoms with Crippen LogP contribution in [-0.2, 0) is 6.54 Å². The maximum Gasteiger partial charge on any atom is 0.0959 e. The number of benzene rings is 1. The first-order valence-corrected chi connectivity index (χ1v) is 6.98. The van der Waals surface area contributed by atoms with Gasteiger partial charge < -0.3 is 20.9 Å². The second-order valence-corrected chi connectivity index (χ2v) is 5.55. The van der Waals surface area contributed by atoms with Crippen molar-refractivity contribution in [3.05, 3.63) is 36.2 Å². The predicted octanol–water partition coefficient (Wildman–Crippen LogP) is 2.18. The number of likely N-dealkylation sites (tertiary alicyclic amines) is 1. The molecule has 3 rings (SSSR count). The Labute approximate surface area is 114 Å². The van der Waals surface area contributed by atoms with Crippen LogP contribution in [0.15, 0.2) is 30.6 Å². The molecule has 1 fully saturated rings. The number of hydrogen-bond donors (Lipinski definition) is 3. The summed E-state index contributed by atoms with van der Waals surface area (Å²) in [7, 11) is 2.19. The molecule has 1 saturated heterocycles. The zero-order valence-electron chi connectivity index (χ0n) is 11.5. The standard InChI is InChI=1S/C15H22N4/c1-11-16-10-12-9-14(3-4-15(12)17-11)18-13-5-7-19(2)8-6-13/h3-4,9,13,16-18H,1,5-8,10H2,2H3. The summed E-state index contributed by atoms with van der Waals surface area (Å²) in [5.74, 6) is 0.878. The van der Waals surface area contributed by atoms with Crippen molar-refractivity contribution in [2.45, 2.75) is 25.4 Å². The Morgan fingerprint density at radius 2 is 2.11 bits per heavy atom. The van der Waals surface area contributed by atoms with Crippen molar-refractivity contribution in [3.8, 4) is 0 Å². The first-order valence-electron chi connectivity index (χ1n) is 6.98. The molecule has 0 spiro atoms. The fraction of sp³-hybridized carbons (Fsp3) is 0.467. The van der Waals surface area contributed by atoms with Crippen molar-refractivity contribution in [2.75, 3.05) is 30.8 Å². The van der Waals surface area contributed by atoms with E-state index in [2.05, 4.69) is 52.7 Å². The topological polar surface area (TPSA) is 39.3 Å². The molecule has 1 aromatic carbocycles. The molecule has 102 valence electrons. The van der Waals surface area contributed by atoms with Gasteiger partial charge in [-0.2, -0.15) is 0 Å². The zero-order valence-corrected chi connectivity index (χ0v) is 11.5. The molecule has 0 saturated carbocycles. The number of fused-ring (bicyclic) bond motifs is 1. The number of rotatable bonds is 2. The maximum atomic E-state index is 3.89. The number of nitrogens with one attached hydrogen (secondary N) is 3. The molecular formula is C15H22N4. The van der Waals surface area contributed by atoms with Crippen molar-refractivity contribution < 1.29 is 0 Å². The first kappa shape index (κ1) is 12.4. The molecule has 1 aromatic rings. The van der Waals surface area contributed by atoms with Gasteiger partial charge in [-0.15, -0.1) is 0 Å². The summed E-state index contributed by atoms with van der Waals surface area (Å²) < 4.78 is 0. The quantitative estimate of drug-likeness (QED) is 0.760. The Kier molecular flexibility index (Phi) is 3.34. The average molecular weight is 258 g/mol. The van der Waals surface area contributed by atoms with E-state index < -0.39 is 0 Å². The smallest absolute Gasteiger partial charge is 0.0959 e. The van der Waals surface area contributed by atoms with E-state index in [4.69, 9.17) is 0 Å². The highest BCUT2D eigenvalue weighted by molar-refractivity contribution is 5.63. The molecule has 2 aliphatic rings. The summed E-state index contributed by atoms with van der Waals surface area (Å²) in [6.45, 7) is 7.12. The highest BCUT2D eigenvalue weighted by atomic mass is 15.1. The van der Waals surface area contributed by atoms with Crippen LogP contribution in [0.4, 0.5) is 11.4 Å². The number of nitrogens with zero attached hydrogens (tertiary/aromatic N) is 1. The third-order valence-electron chi connectivity index (χ3n) is 3.97. The Balaban J connectivity index is 1.67. The van der Waals surface area contributed by atoms with E-state index >= 15 is 0 Å². The molecule has 0 aliphatic carbocycles. The Bertz CT molecular complexity index is 475. The summed E-state index contributed by atoms with van der Waals surface area (Å²) in [5.41, 5.74) is 3.69. The SMILES string of the molecule is C=C1NCc2cc(NC3CCN(C)CC3)ccc2N1. The fourth-order valence-electron chi connectivity index (χ4n) is 2.75. The van der Waals surface area contributed by atoms with Gasteiger partial charge in [-0.1, -0.05) is 6.58 Å². The van der Waals surface area contributed by atoms with Crippen LogP contribution < -0.4 is 16.0 Å². The Morgan fingerprint density at radius 3 is 2.89 bits per heavy atom. The van der Waals surface area contributed by atoms with Gasteiger partial charge in [0, 0.05) is 24.0 Å². The van der Waals surface area contributed by atoms with Crippen LogP contribution >= 0.6 is 0 Å². The molecule has 0 aromatic heterocycles. The van der Waals surface area contributed by atoms with E-state index in [-0.39, 0.29) is 0 Å². The van der Waals surface area contributed by atoms with Crippen LogP contribution in [0, 0.1) is 0 Å². The van der Waals surface area contributed by atoms with Crippen LogP contribution in [-0.4, -0.2) is 31.1 Å². The van der Waals surface area contributed by atoms with Gasteiger partial charge >= 0.3 is 0 Å². The summed E-state index contributed by atoms with van der Waals surface area (Å²) >= 11 is 0. The minimum absolute atomic E-state index is 0.605. The average Bonchev–Trinajstić information content (AvgIpc) is 2.42. The van der Waals surface area contributed by atoms with Gasteiger partial charge in [0.15, 0.2) is 0 Å². The molecule has 2 aliphatic heterocycles. The summed E-state index contributed by atoms with van der Waals surface area (Å²) in [6.07, 6.45) is 2.45. The number of hydrogen-bond acceptors (Lipinski definition) is 4. The molecule has 4 heteroatoms. The van der Waals surface area contributed by atoms with Gasteiger partial charge in [0.05, 0.1) is 5.82 Å². The van der Waals surface area contributed by atoms with Crippen molar-refractivity contribution in [1.29, 1.82) is 0 Å². The van der Waals surface area contributed by atoms with Crippen LogP contribution in [0.2, 0.25) is 0 Å². The van der Waals surface area contributed by atoms with Gasteiger partial charge in [-0.25, -0.2) is 0 Å². The van der Waals surface area contributed by atoms with E-state index in [1.54, 1.807) is 0 Å². The highest BCUT2D eigenvalue weighted by Gasteiger charge is 2.17. The molecule has 0 amide bonds. The summed E-state index contributed by atoms with van der Waals surface area (Å²) in [5, 5.41) is 10.1. The monoisotopic (exact) mass is 258 g/mol. The van der Waals surface area contributed by atoms with E-state index in [0.717, 1.165) is 18.1 Å². The molecule has 4 nitrogen and oxygen atoms in total. The summed E-state index contributed by atoms with van der Waals surface area (Å²) in [4.78, 5) is 2.39. The number of anilines is 2. The predicted molar refractivity (Wildman–Crippen MR) is 80.2 cm³/mol. The Hall–Kier alpha value is -1.68. The first-order chi connectivity index (χ1) is 9.20. The van der Waals surface area contributed by atoms with Gasteiger partial charge in [-0.3, -0.25) is 0 Å². The van der Waals surface area contributed by atoms with Crippen LogP contribution in [0.5, 0.6) is 0 Å². The second-order valence-electron chi connectivity index (χ2n) is 5.55. The minimum atomic E-state index is 0.605. The van der Waals surface area contributed by atoms with Crippen LogP contribution in [0.1, 0.15) is 18.4 Å². The molecule has 0 bridgehead atoms.